The SMILES string of the molecule is CC[C@@H]1c2ccsc2CCN1CC(=O)Nc1c(Cl)cccc1Cl. The molecule has 0 radical (unpaired) electrons. The summed E-state index contributed by atoms with van der Waals surface area (Å²) in [6, 6.07) is 7.68. The highest BCUT2D eigenvalue weighted by atomic mass is 35.5. The Labute approximate surface area is 150 Å². The maximum absolute atomic E-state index is 12.4. The standard InChI is InChI=1S/C17H18Cl2N2OS/c1-2-14-11-7-9-23-15(11)6-8-21(14)10-16(22)20-17-12(18)4-3-5-13(17)19/h3-5,7,9,14H,2,6,8,10H2,1H3,(H,20,22)/t14-/m1/s1. The number of fused-ring (bicyclic) bond motifs is 1. The van der Waals surface area contributed by atoms with Crippen LogP contribution in [0.2, 0.25) is 10.0 Å². The number of halogens is 2. The fraction of sp³-hybridized carbons (Fsp3) is 0.353. The lowest BCUT2D eigenvalue weighted by atomic mass is 9.98. The van der Waals surface area contributed by atoms with Crippen LogP contribution in [0, 0.1) is 0 Å². The quantitative estimate of drug-likeness (QED) is 0.822. The molecule has 1 aromatic heterocycles. The Kier molecular flexibility index (Phi) is 5.27. The maximum Gasteiger partial charge on any atom is 0.238 e. The highest BCUT2D eigenvalue weighted by molar-refractivity contribution is 7.10. The highest BCUT2D eigenvalue weighted by Gasteiger charge is 2.28. The van der Waals surface area contributed by atoms with E-state index in [1.807, 2.05) is 11.3 Å². The van der Waals surface area contributed by atoms with E-state index >= 15 is 0 Å². The van der Waals surface area contributed by atoms with Gasteiger partial charge in [0.25, 0.3) is 0 Å². The Hall–Kier alpha value is -1.07. The molecule has 1 aromatic carbocycles. The van der Waals surface area contributed by atoms with Gasteiger partial charge in [0.05, 0.1) is 22.3 Å². The van der Waals surface area contributed by atoms with E-state index in [2.05, 4.69) is 28.6 Å². The predicted molar refractivity (Wildman–Crippen MR) is 97.7 cm³/mol. The lowest BCUT2D eigenvalue weighted by Crippen LogP contribution is -2.40. The number of hydrogen-bond donors (Lipinski definition) is 1. The van der Waals surface area contributed by atoms with Crippen molar-refractivity contribution in [3.05, 3.63) is 50.1 Å². The number of carbonyl (C=O) groups is 1. The molecule has 23 heavy (non-hydrogen) atoms. The van der Waals surface area contributed by atoms with Crippen molar-refractivity contribution in [1.82, 2.24) is 4.90 Å². The first-order valence-electron chi connectivity index (χ1n) is 7.64. The summed E-state index contributed by atoms with van der Waals surface area (Å²) in [5, 5.41) is 5.90. The summed E-state index contributed by atoms with van der Waals surface area (Å²) in [6.07, 6.45) is 1.99. The third-order valence-corrected chi connectivity index (χ3v) is 5.79. The summed E-state index contributed by atoms with van der Waals surface area (Å²) < 4.78 is 0. The number of para-hydroxylation sites is 1. The van der Waals surface area contributed by atoms with E-state index in [-0.39, 0.29) is 5.91 Å². The van der Waals surface area contributed by atoms with Crippen LogP contribution in [0.5, 0.6) is 0 Å². The average Bonchev–Trinajstić information content (AvgIpc) is 2.99. The molecule has 3 rings (SSSR count). The number of thiophene rings is 1. The van der Waals surface area contributed by atoms with Crippen molar-refractivity contribution in [1.29, 1.82) is 0 Å². The third kappa shape index (κ3) is 3.56. The van der Waals surface area contributed by atoms with Gasteiger partial charge >= 0.3 is 0 Å². The molecule has 122 valence electrons. The molecule has 1 aliphatic heterocycles. The maximum atomic E-state index is 12.4. The van der Waals surface area contributed by atoms with Crippen molar-refractivity contribution in [2.45, 2.75) is 25.8 Å². The fourth-order valence-corrected chi connectivity index (χ4v) is 4.52. The Morgan fingerprint density at radius 3 is 2.78 bits per heavy atom. The largest absolute Gasteiger partial charge is 0.322 e. The van der Waals surface area contributed by atoms with Crippen LogP contribution in [0.15, 0.2) is 29.6 Å². The number of benzene rings is 1. The molecule has 3 nitrogen and oxygen atoms in total. The Balaban J connectivity index is 1.71. The van der Waals surface area contributed by atoms with Crippen LogP contribution in [0.4, 0.5) is 5.69 Å². The monoisotopic (exact) mass is 368 g/mol. The molecule has 0 saturated heterocycles. The van der Waals surface area contributed by atoms with E-state index in [1.54, 1.807) is 18.2 Å². The van der Waals surface area contributed by atoms with Gasteiger partial charge in [-0.05, 0) is 42.0 Å². The van der Waals surface area contributed by atoms with Crippen LogP contribution in [0.3, 0.4) is 0 Å². The Morgan fingerprint density at radius 2 is 2.09 bits per heavy atom. The molecule has 2 aromatic rings. The van der Waals surface area contributed by atoms with Gasteiger partial charge in [0, 0.05) is 17.5 Å². The molecule has 1 amide bonds. The molecule has 0 spiro atoms. The lowest BCUT2D eigenvalue weighted by Gasteiger charge is -2.34. The van der Waals surface area contributed by atoms with Crippen LogP contribution in [-0.2, 0) is 11.2 Å². The first-order valence-corrected chi connectivity index (χ1v) is 9.28. The van der Waals surface area contributed by atoms with Crippen LogP contribution in [0.1, 0.15) is 29.8 Å². The number of nitrogens with zero attached hydrogens (tertiary/aromatic N) is 1. The van der Waals surface area contributed by atoms with E-state index < -0.39 is 0 Å². The van der Waals surface area contributed by atoms with E-state index in [9.17, 15) is 4.79 Å². The van der Waals surface area contributed by atoms with Crippen LogP contribution >= 0.6 is 34.5 Å². The van der Waals surface area contributed by atoms with Crippen molar-refractivity contribution >= 4 is 46.1 Å². The van der Waals surface area contributed by atoms with Crippen LogP contribution in [0.25, 0.3) is 0 Å². The zero-order valence-corrected chi connectivity index (χ0v) is 15.1. The zero-order chi connectivity index (χ0) is 16.4. The topological polar surface area (TPSA) is 32.3 Å². The number of rotatable bonds is 4. The van der Waals surface area contributed by atoms with Crippen molar-refractivity contribution < 1.29 is 4.79 Å². The number of hydrogen-bond acceptors (Lipinski definition) is 3. The molecule has 0 unspecified atom stereocenters. The van der Waals surface area contributed by atoms with E-state index in [4.69, 9.17) is 23.2 Å². The molecular weight excluding hydrogens is 351 g/mol. The molecule has 1 N–H and O–H groups in total. The smallest absolute Gasteiger partial charge is 0.238 e. The summed E-state index contributed by atoms with van der Waals surface area (Å²) >= 11 is 14.0. The summed E-state index contributed by atoms with van der Waals surface area (Å²) in [4.78, 5) is 16.1. The third-order valence-electron chi connectivity index (χ3n) is 4.17. The minimum atomic E-state index is -0.0860. The number of nitrogens with one attached hydrogen (secondary N) is 1. The Morgan fingerprint density at radius 1 is 1.35 bits per heavy atom. The molecule has 1 atom stereocenters. The molecule has 0 aliphatic carbocycles. The average molecular weight is 369 g/mol. The van der Waals surface area contributed by atoms with Gasteiger partial charge < -0.3 is 5.32 Å². The molecule has 0 fully saturated rings. The van der Waals surface area contributed by atoms with E-state index in [0.29, 0.717) is 28.3 Å². The first kappa shape index (κ1) is 16.8. The zero-order valence-electron chi connectivity index (χ0n) is 12.8. The molecular formula is C17H18Cl2N2OS. The second-order valence-electron chi connectivity index (χ2n) is 5.59. The molecule has 0 saturated carbocycles. The van der Waals surface area contributed by atoms with Gasteiger partial charge in [0.1, 0.15) is 0 Å². The van der Waals surface area contributed by atoms with Crippen LogP contribution < -0.4 is 5.32 Å². The number of anilines is 1. The summed E-state index contributed by atoms with van der Waals surface area (Å²) in [5.74, 6) is -0.0860. The molecule has 0 bridgehead atoms. The summed E-state index contributed by atoms with van der Waals surface area (Å²) in [7, 11) is 0. The van der Waals surface area contributed by atoms with Crippen molar-refractivity contribution in [2.75, 3.05) is 18.4 Å². The van der Waals surface area contributed by atoms with Gasteiger partial charge in [-0.25, -0.2) is 0 Å². The fourth-order valence-electron chi connectivity index (χ4n) is 3.10. The van der Waals surface area contributed by atoms with Crippen LogP contribution in [-0.4, -0.2) is 23.9 Å². The molecule has 6 heteroatoms. The van der Waals surface area contributed by atoms with Gasteiger partial charge in [0.15, 0.2) is 0 Å². The second-order valence-corrected chi connectivity index (χ2v) is 7.40. The normalized spacial score (nSPS) is 17.8. The molecule has 1 aliphatic rings. The van der Waals surface area contributed by atoms with Crippen molar-refractivity contribution in [3.63, 3.8) is 0 Å². The number of amides is 1. The highest BCUT2D eigenvalue weighted by Crippen LogP contribution is 2.35. The Bertz CT molecular complexity index is 696. The van der Waals surface area contributed by atoms with Crippen molar-refractivity contribution in [2.24, 2.45) is 0 Å². The minimum absolute atomic E-state index is 0.0860. The van der Waals surface area contributed by atoms with E-state index in [0.717, 1.165) is 19.4 Å². The second kappa shape index (κ2) is 7.22. The number of carbonyl (C=O) groups excluding carboxylic acids is 1. The predicted octanol–water partition coefficient (Wildman–Crippen LogP) is 5.00. The van der Waals surface area contributed by atoms with Gasteiger partial charge in [0.2, 0.25) is 5.91 Å². The van der Waals surface area contributed by atoms with Gasteiger partial charge in [-0.15, -0.1) is 11.3 Å². The van der Waals surface area contributed by atoms with E-state index in [1.165, 1.54) is 10.4 Å². The summed E-state index contributed by atoms with van der Waals surface area (Å²) in [5.41, 5.74) is 1.86. The van der Waals surface area contributed by atoms with Gasteiger partial charge in [-0.3, -0.25) is 9.69 Å². The minimum Gasteiger partial charge on any atom is -0.322 e. The van der Waals surface area contributed by atoms with Crippen molar-refractivity contribution in [3.8, 4) is 0 Å². The molecule has 2 heterocycles. The van der Waals surface area contributed by atoms with Gasteiger partial charge in [-0.2, -0.15) is 0 Å². The summed E-state index contributed by atoms with van der Waals surface area (Å²) in [6.45, 7) is 3.40. The first-order chi connectivity index (χ1) is 11.1. The van der Waals surface area contributed by atoms with Gasteiger partial charge in [-0.1, -0.05) is 36.2 Å². The lowest BCUT2D eigenvalue weighted by molar-refractivity contribution is -0.118.